The van der Waals surface area contributed by atoms with E-state index in [1.165, 1.54) is 4.57 Å². The van der Waals surface area contributed by atoms with Crippen LogP contribution in [0.25, 0.3) is 11.5 Å². The van der Waals surface area contributed by atoms with Crippen LogP contribution in [0.15, 0.2) is 35.1 Å². The number of nitrogens with zero attached hydrogens (tertiary/aromatic N) is 4. The summed E-state index contributed by atoms with van der Waals surface area (Å²) in [5, 5.41) is 10.5. The van der Waals surface area contributed by atoms with Crippen LogP contribution in [0, 0.1) is 6.92 Å². The lowest BCUT2D eigenvalue weighted by molar-refractivity contribution is 0.863. The lowest BCUT2D eigenvalue weighted by Gasteiger charge is -1.97. The van der Waals surface area contributed by atoms with Crippen LogP contribution in [-0.2, 0) is 0 Å². The molecule has 2 heterocycles. The Labute approximate surface area is 90.1 Å². The third-order valence-corrected chi connectivity index (χ3v) is 2.43. The standard InChI is InChI=1S/C10H9N5O/c1-7-11-12-9-14(10(16)13-15(7)9)8-5-3-2-4-6-8/h2-6H,1H3,(H,13,16). The number of hydrogen-bond acceptors (Lipinski definition) is 3. The van der Waals surface area contributed by atoms with Crippen molar-refractivity contribution in [3.63, 3.8) is 0 Å². The fourth-order valence-electron chi connectivity index (χ4n) is 1.67. The first-order valence-electron chi connectivity index (χ1n) is 4.85. The molecule has 0 saturated carbocycles. The van der Waals surface area contributed by atoms with Crippen molar-refractivity contribution in [2.24, 2.45) is 0 Å². The van der Waals surface area contributed by atoms with E-state index in [9.17, 15) is 4.79 Å². The molecule has 3 rings (SSSR count). The summed E-state index contributed by atoms with van der Waals surface area (Å²) in [6.07, 6.45) is 0. The first-order valence-corrected chi connectivity index (χ1v) is 4.85. The van der Waals surface area contributed by atoms with Gasteiger partial charge in [0, 0.05) is 0 Å². The molecule has 16 heavy (non-hydrogen) atoms. The summed E-state index contributed by atoms with van der Waals surface area (Å²) in [7, 11) is 0. The molecule has 0 radical (unpaired) electrons. The topological polar surface area (TPSA) is 68.0 Å². The van der Waals surface area contributed by atoms with Crippen LogP contribution >= 0.6 is 0 Å². The van der Waals surface area contributed by atoms with Crippen molar-refractivity contribution in [2.75, 3.05) is 0 Å². The van der Waals surface area contributed by atoms with Gasteiger partial charge in [-0.25, -0.2) is 19.0 Å². The maximum atomic E-state index is 11.8. The minimum absolute atomic E-state index is 0.223. The third kappa shape index (κ3) is 1.10. The molecule has 0 spiro atoms. The largest absolute Gasteiger partial charge is 0.348 e. The molecule has 0 aliphatic heterocycles. The monoisotopic (exact) mass is 215 g/mol. The van der Waals surface area contributed by atoms with Gasteiger partial charge in [-0.05, 0) is 19.1 Å². The van der Waals surface area contributed by atoms with Gasteiger partial charge in [0.05, 0.1) is 5.69 Å². The molecule has 0 atom stereocenters. The molecule has 0 fully saturated rings. The number of rotatable bonds is 1. The van der Waals surface area contributed by atoms with E-state index < -0.39 is 0 Å². The lowest BCUT2D eigenvalue weighted by Crippen LogP contribution is -2.15. The summed E-state index contributed by atoms with van der Waals surface area (Å²) < 4.78 is 3.05. The van der Waals surface area contributed by atoms with E-state index in [1.807, 2.05) is 30.3 Å². The van der Waals surface area contributed by atoms with Crippen molar-refractivity contribution in [2.45, 2.75) is 6.92 Å². The number of nitrogens with one attached hydrogen (secondary N) is 1. The van der Waals surface area contributed by atoms with Gasteiger partial charge in [0.2, 0.25) is 0 Å². The zero-order valence-electron chi connectivity index (χ0n) is 8.58. The predicted molar refractivity (Wildman–Crippen MR) is 57.7 cm³/mol. The number of H-pyrrole nitrogens is 1. The van der Waals surface area contributed by atoms with Crippen molar-refractivity contribution in [3.8, 4) is 5.69 Å². The number of para-hydroxylation sites is 1. The van der Waals surface area contributed by atoms with Crippen molar-refractivity contribution in [3.05, 3.63) is 46.6 Å². The molecular formula is C10H9N5O. The predicted octanol–water partition coefficient (Wildman–Crippen LogP) is 0.517. The van der Waals surface area contributed by atoms with E-state index in [2.05, 4.69) is 15.3 Å². The van der Waals surface area contributed by atoms with E-state index in [-0.39, 0.29) is 5.69 Å². The van der Waals surface area contributed by atoms with Crippen molar-refractivity contribution >= 4 is 5.78 Å². The first-order chi connectivity index (χ1) is 7.77. The highest BCUT2D eigenvalue weighted by molar-refractivity contribution is 5.41. The van der Waals surface area contributed by atoms with Gasteiger partial charge in [-0.15, -0.1) is 10.2 Å². The highest BCUT2D eigenvalue weighted by Gasteiger charge is 2.11. The highest BCUT2D eigenvalue weighted by Crippen LogP contribution is 2.07. The summed E-state index contributed by atoms with van der Waals surface area (Å²) in [5.41, 5.74) is 0.547. The Kier molecular flexibility index (Phi) is 1.70. The van der Waals surface area contributed by atoms with Gasteiger partial charge in [0.25, 0.3) is 5.78 Å². The number of aryl methyl sites for hydroxylation is 1. The second-order valence-electron chi connectivity index (χ2n) is 3.47. The Hall–Kier alpha value is -2.37. The SMILES string of the molecule is Cc1nnc2n(-c3ccccc3)c(=O)[nH]n12. The van der Waals surface area contributed by atoms with Crippen LogP contribution in [0.1, 0.15) is 5.82 Å². The van der Waals surface area contributed by atoms with Crippen LogP contribution in [0.4, 0.5) is 0 Å². The quantitative estimate of drug-likeness (QED) is 0.643. The number of aromatic nitrogens is 5. The number of hydrogen-bond donors (Lipinski definition) is 1. The summed E-state index contributed by atoms with van der Waals surface area (Å²) >= 11 is 0. The molecule has 0 amide bonds. The van der Waals surface area contributed by atoms with Gasteiger partial charge in [0.1, 0.15) is 0 Å². The molecule has 0 bridgehead atoms. The van der Waals surface area contributed by atoms with E-state index in [0.29, 0.717) is 11.6 Å². The Morgan fingerprint density at radius 2 is 1.94 bits per heavy atom. The number of fused-ring (bicyclic) bond motifs is 1. The molecule has 1 aromatic carbocycles. The fraction of sp³-hybridized carbons (Fsp3) is 0.100. The first kappa shape index (κ1) is 8.90. The summed E-state index contributed by atoms with van der Waals surface area (Å²) in [4.78, 5) is 11.8. The van der Waals surface area contributed by atoms with Gasteiger partial charge in [-0.2, -0.15) is 0 Å². The number of aromatic amines is 1. The molecule has 0 aliphatic carbocycles. The molecule has 2 aromatic heterocycles. The Bertz CT molecular complexity index is 691. The van der Waals surface area contributed by atoms with E-state index in [0.717, 1.165) is 5.69 Å². The molecule has 1 N–H and O–H groups in total. The lowest BCUT2D eigenvalue weighted by atomic mass is 10.3. The van der Waals surface area contributed by atoms with Crippen molar-refractivity contribution < 1.29 is 0 Å². The minimum atomic E-state index is -0.223. The molecular weight excluding hydrogens is 206 g/mol. The highest BCUT2D eigenvalue weighted by atomic mass is 16.2. The summed E-state index contributed by atoms with van der Waals surface area (Å²) in [5.74, 6) is 1.15. The molecule has 80 valence electrons. The molecule has 3 aromatic rings. The van der Waals surface area contributed by atoms with E-state index in [1.54, 1.807) is 11.4 Å². The minimum Gasteiger partial charge on any atom is -0.246 e. The second-order valence-corrected chi connectivity index (χ2v) is 3.47. The number of benzene rings is 1. The third-order valence-electron chi connectivity index (χ3n) is 2.43. The van der Waals surface area contributed by atoms with E-state index >= 15 is 0 Å². The van der Waals surface area contributed by atoms with Crippen molar-refractivity contribution in [1.29, 1.82) is 0 Å². The normalized spacial score (nSPS) is 11.1. The van der Waals surface area contributed by atoms with Gasteiger partial charge in [-0.3, -0.25) is 0 Å². The van der Waals surface area contributed by atoms with Gasteiger partial charge >= 0.3 is 5.69 Å². The average Bonchev–Trinajstić information content (AvgIpc) is 2.80. The van der Waals surface area contributed by atoms with Crippen LogP contribution in [0.2, 0.25) is 0 Å². The van der Waals surface area contributed by atoms with Crippen molar-refractivity contribution in [1.82, 2.24) is 24.4 Å². The maximum absolute atomic E-state index is 11.8. The maximum Gasteiger partial charge on any atom is 0.348 e. The Morgan fingerprint density at radius 1 is 1.19 bits per heavy atom. The zero-order valence-corrected chi connectivity index (χ0v) is 8.58. The Morgan fingerprint density at radius 3 is 2.69 bits per heavy atom. The van der Waals surface area contributed by atoms with Gasteiger partial charge in [0.15, 0.2) is 5.82 Å². The van der Waals surface area contributed by atoms with Crippen LogP contribution < -0.4 is 5.69 Å². The Balaban J connectivity index is 2.39. The second kappa shape index (κ2) is 3.06. The average molecular weight is 215 g/mol. The van der Waals surface area contributed by atoms with Crippen LogP contribution in [-0.4, -0.2) is 24.4 Å². The van der Waals surface area contributed by atoms with Crippen LogP contribution in [0.5, 0.6) is 0 Å². The van der Waals surface area contributed by atoms with Crippen LogP contribution in [0.3, 0.4) is 0 Å². The summed E-state index contributed by atoms with van der Waals surface area (Å²) in [6, 6.07) is 9.33. The zero-order chi connectivity index (χ0) is 11.1. The molecule has 6 heteroatoms. The summed E-state index contributed by atoms with van der Waals surface area (Å²) in [6.45, 7) is 1.78. The molecule has 0 saturated heterocycles. The van der Waals surface area contributed by atoms with E-state index in [4.69, 9.17) is 0 Å². The molecule has 0 unspecified atom stereocenters. The van der Waals surface area contributed by atoms with Gasteiger partial charge < -0.3 is 0 Å². The van der Waals surface area contributed by atoms with Gasteiger partial charge in [-0.1, -0.05) is 18.2 Å². The molecule has 0 aliphatic rings. The molecule has 6 nitrogen and oxygen atoms in total. The smallest absolute Gasteiger partial charge is 0.246 e. The fourth-order valence-corrected chi connectivity index (χ4v) is 1.67.